The molecule has 0 aliphatic carbocycles. The van der Waals surface area contributed by atoms with Crippen LogP contribution in [0.3, 0.4) is 0 Å². The first-order valence-corrected chi connectivity index (χ1v) is 5.94. The molecule has 0 unspecified atom stereocenters. The summed E-state index contributed by atoms with van der Waals surface area (Å²) in [6.45, 7) is 2.60. The molecule has 0 saturated heterocycles. The van der Waals surface area contributed by atoms with Crippen molar-refractivity contribution in [2.45, 2.75) is 26.3 Å². The highest BCUT2D eigenvalue weighted by molar-refractivity contribution is 5.61. The lowest BCUT2D eigenvalue weighted by molar-refractivity contribution is 0.921. The zero-order valence-electron chi connectivity index (χ0n) is 10.1. The second-order valence-corrected chi connectivity index (χ2v) is 4.00. The molecule has 0 aliphatic rings. The summed E-state index contributed by atoms with van der Waals surface area (Å²) in [4.78, 5) is 8.60. The van der Waals surface area contributed by atoms with Crippen LogP contribution in [0, 0.1) is 0 Å². The quantitative estimate of drug-likeness (QED) is 0.873. The van der Waals surface area contributed by atoms with Gasteiger partial charge in [0.05, 0.1) is 11.4 Å². The fourth-order valence-corrected chi connectivity index (χ4v) is 1.88. The Morgan fingerprint density at radius 1 is 1.06 bits per heavy atom. The Morgan fingerprint density at radius 2 is 1.76 bits per heavy atom. The van der Waals surface area contributed by atoms with E-state index in [1.807, 2.05) is 0 Å². The molecule has 0 saturated carbocycles. The second kappa shape index (κ2) is 5.55. The van der Waals surface area contributed by atoms with Gasteiger partial charge in [-0.1, -0.05) is 37.6 Å². The Bertz CT molecular complexity index is 477. The minimum Gasteiger partial charge on any atom is -0.325 e. The molecule has 1 heterocycles. The van der Waals surface area contributed by atoms with Gasteiger partial charge in [-0.15, -0.1) is 0 Å². The summed E-state index contributed by atoms with van der Waals surface area (Å²) >= 11 is 0. The maximum absolute atomic E-state index is 5.66. The second-order valence-electron chi connectivity index (χ2n) is 4.00. The molecule has 0 spiro atoms. The van der Waals surface area contributed by atoms with Crippen molar-refractivity contribution in [2.24, 2.45) is 5.73 Å². The van der Waals surface area contributed by atoms with Crippen molar-refractivity contribution >= 4 is 0 Å². The molecular formula is C14H17N3. The minimum absolute atomic E-state index is 0.417. The molecule has 0 fully saturated rings. The van der Waals surface area contributed by atoms with Gasteiger partial charge in [-0.2, -0.15) is 0 Å². The van der Waals surface area contributed by atoms with Gasteiger partial charge < -0.3 is 5.73 Å². The van der Waals surface area contributed by atoms with E-state index in [0.717, 1.165) is 23.4 Å². The molecule has 0 amide bonds. The predicted molar refractivity (Wildman–Crippen MR) is 69.4 cm³/mol. The number of hydrogen-bond donors (Lipinski definition) is 1. The first kappa shape index (κ1) is 11.7. The van der Waals surface area contributed by atoms with Gasteiger partial charge >= 0.3 is 0 Å². The largest absolute Gasteiger partial charge is 0.325 e. The van der Waals surface area contributed by atoms with Crippen LogP contribution in [0.4, 0.5) is 0 Å². The molecule has 2 aromatic rings. The van der Waals surface area contributed by atoms with Crippen LogP contribution in [0.5, 0.6) is 0 Å². The Kier molecular flexibility index (Phi) is 3.83. The third kappa shape index (κ3) is 2.68. The van der Waals surface area contributed by atoms with Crippen molar-refractivity contribution in [2.75, 3.05) is 0 Å². The van der Waals surface area contributed by atoms with Crippen LogP contribution < -0.4 is 5.73 Å². The van der Waals surface area contributed by atoms with E-state index in [-0.39, 0.29) is 0 Å². The number of benzene rings is 1. The molecule has 2 N–H and O–H groups in total. The summed E-state index contributed by atoms with van der Waals surface area (Å²) < 4.78 is 0. The summed E-state index contributed by atoms with van der Waals surface area (Å²) in [6.07, 6.45) is 5.66. The summed E-state index contributed by atoms with van der Waals surface area (Å²) in [5, 5.41) is 0. The highest BCUT2D eigenvalue weighted by atomic mass is 14.8. The monoisotopic (exact) mass is 227 g/mol. The fourth-order valence-electron chi connectivity index (χ4n) is 1.88. The highest BCUT2D eigenvalue weighted by Crippen LogP contribution is 2.20. The number of aryl methyl sites for hydroxylation is 1. The maximum Gasteiger partial charge on any atom is 0.0930 e. The van der Waals surface area contributed by atoms with Crippen molar-refractivity contribution in [3.63, 3.8) is 0 Å². The van der Waals surface area contributed by atoms with E-state index in [4.69, 9.17) is 5.73 Å². The summed E-state index contributed by atoms with van der Waals surface area (Å²) in [6, 6.07) is 8.48. The van der Waals surface area contributed by atoms with Gasteiger partial charge in [-0.05, 0) is 12.0 Å². The Morgan fingerprint density at radius 3 is 2.41 bits per heavy atom. The van der Waals surface area contributed by atoms with Gasteiger partial charge in [-0.3, -0.25) is 9.97 Å². The molecule has 1 aromatic heterocycles. The molecule has 3 heteroatoms. The molecule has 1 aromatic carbocycles. The SMILES string of the molecule is CCCc1ccc(-c2nccnc2CN)cc1. The molecule has 88 valence electrons. The molecular weight excluding hydrogens is 210 g/mol. The lowest BCUT2D eigenvalue weighted by Gasteiger charge is -2.06. The van der Waals surface area contributed by atoms with Crippen molar-refractivity contribution in [1.82, 2.24) is 9.97 Å². The van der Waals surface area contributed by atoms with E-state index in [1.165, 1.54) is 12.0 Å². The van der Waals surface area contributed by atoms with E-state index >= 15 is 0 Å². The zero-order chi connectivity index (χ0) is 12.1. The molecule has 0 aliphatic heterocycles. The van der Waals surface area contributed by atoms with Crippen LogP contribution in [-0.4, -0.2) is 9.97 Å². The average molecular weight is 227 g/mol. The molecule has 2 rings (SSSR count). The molecule has 0 atom stereocenters. The average Bonchev–Trinajstić information content (AvgIpc) is 2.40. The third-order valence-electron chi connectivity index (χ3n) is 2.73. The van der Waals surface area contributed by atoms with E-state index in [2.05, 4.69) is 41.2 Å². The van der Waals surface area contributed by atoms with Crippen molar-refractivity contribution in [1.29, 1.82) is 0 Å². The Hall–Kier alpha value is -1.74. The van der Waals surface area contributed by atoms with E-state index in [1.54, 1.807) is 12.4 Å². The normalized spacial score (nSPS) is 10.5. The van der Waals surface area contributed by atoms with E-state index in [9.17, 15) is 0 Å². The van der Waals surface area contributed by atoms with Crippen molar-refractivity contribution in [3.05, 3.63) is 47.9 Å². The highest BCUT2D eigenvalue weighted by Gasteiger charge is 2.05. The van der Waals surface area contributed by atoms with Crippen LogP contribution in [0.2, 0.25) is 0 Å². The Balaban J connectivity index is 2.33. The lowest BCUT2D eigenvalue weighted by atomic mass is 10.0. The van der Waals surface area contributed by atoms with Gasteiger partial charge in [0, 0.05) is 24.5 Å². The van der Waals surface area contributed by atoms with Gasteiger partial charge in [0.25, 0.3) is 0 Å². The topological polar surface area (TPSA) is 51.8 Å². The first-order valence-electron chi connectivity index (χ1n) is 5.94. The zero-order valence-corrected chi connectivity index (χ0v) is 10.1. The van der Waals surface area contributed by atoms with Crippen LogP contribution >= 0.6 is 0 Å². The predicted octanol–water partition coefficient (Wildman–Crippen LogP) is 2.55. The molecule has 17 heavy (non-hydrogen) atoms. The maximum atomic E-state index is 5.66. The summed E-state index contributed by atoms with van der Waals surface area (Å²) in [5.74, 6) is 0. The first-order chi connectivity index (χ1) is 8.35. The van der Waals surface area contributed by atoms with Gasteiger partial charge in [0.2, 0.25) is 0 Å². The van der Waals surface area contributed by atoms with Crippen molar-refractivity contribution < 1.29 is 0 Å². The summed E-state index contributed by atoms with van der Waals surface area (Å²) in [7, 11) is 0. The third-order valence-corrected chi connectivity index (χ3v) is 2.73. The van der Waals surface area contributed by atoms with E-state index in [0.29, 0.717) is 6.54 Å². The Labute approximate surface area is 102 Å². The number of nitrogens with two attached hydrogens (primary N) is 1. The van der Waals surface area contributed by atoms with Crippen LogP contribution in [0.1, 0.15) is 24.6 Å². The fraction of sp³-hybridized carbons (Fsp3) is 0.286. The van der Waals surface area contributed by atoms with E-state index < -0.39 is 0 Å². The lowest BCUT2D eigenvalue weighted by Crippen LogP contribution is -2.03. The van der Waals surface area contributed by atoms with Crippen LogP contribution in [0.25, 0.3) is 11.3 Å². The number of aromatic nitrogens is 2. The standard InChI is InChI=1S/C14H17N3/c1-2-3-11-4-6-12(7-5-11)14-13(10-15)16-8-9-17-14/h4-9H,2-3,10,15H2,1H3. The van der Waals surface area contributed by atoms with Gasteiger partial charge in [-0.25, -0.2) is 0 Å². The smallest absolute Gasteiger partial charge is 0.0930 e. The van der Waals surface area contributed by atoms with Crippen LogP contribution in [-0.2, 0) is 13.0 Å². The van der Waals surface area contributed by atoms with Crippen molar-refractivity contribution in [3.8, 4) is 11.3 Å². The molecule has 3 nitrogen and oxygen atoms in total. The number of nitrogens with zero attached hydrogens (tertiary/aromatic N) is 2. The van der Waals surface area contributed by atoms with Crippen LogP contribution in [0.15, 0.2) is 36.7 Å². The molecule has 0 radical (unpaired) electrons. The summed E-state index contributed by atoms with van der Waals surface area (Å²) in [5.41, 5.74) is 9.83. The minimum atomic E-state index is 0.417. The number of rotatable bonds is 4. The number of hydrogen-bond acceptors (Lipinski definition) is 3. The van der Waals surface area contributed by atoms with Gasteiger partial charge in [0.15, 0.2) is 0 Å². The van der Waals surface area contributed by atoms with Gasteiger partial charge in [0.1, 0.15) is 0 Å². The molecule has 0 bridgehead atoms.